The van der Waals surface area contributed by atoms with E-state index in [-0.39, 0.29) is 0 Å². The van der Waals surface area contributed by atoms with E-state index in [9.17, 15) is 4.79 Å². The molecule has 5 heteroatoms. The molecule has 0 aromatic carbocycles. The van der Waals surface area contributed by atoms with Gasteiger partial charge in [-0.15, -0.1) is 0 Å². The molecule has 0 N–H and O–H groups in total. The predicted molar refractivity (Wildman–Crippen MR) is 101 cm³/mol. The second-order valence-electron chi connectivity index (χ2n) is 9.53. The number of aromatic nitrogens is 2. The molecule has 0 atom stereocenters. The van der Waals surface area contributed by atoms with Gasteiger partial charge in [0.1, 0.15) is 0 Å². The van der Waals surface area contributed by atoms with E-state index in [1.165, 1.54) is 38.5 Å². The first kappa shape index (κ1) is 16.8. The maximum Gasteiger partial charge on any atom is 0.222 e. The average Bonchev–Trinajstić information content (AvgIpc) is 3.04. The molecule has 1 saturated heterocycles. The summed E-state index contributed by atoms with van der Waals surface area (Å²) in [5, 5.41) is 4.19. The monoisotopic (exact) mass is 356 g/mol. The first-order valence-electron chi connectivity index (χ1n) is 10.6. The van der Waals surface area contributed by atoms with Gasteiger partial charge in [-0.3, -0.25) is 14.4 Å². The van der Waals surface area contributed by atoms with Crippen molar-refractivity contribution < 1.29 is 4.79 Å². The molecular formula is C21H32N4O. The van der Waals surface area contributed by atoms with Crippen LogP contribution in [-0.2, 0) is 18.3 Å². The van der Waals surface area contributed by atoms with Gasteiger partial charge in [-0.1, -0.05) is 0 Å². The molecule has 26 heavy (non-hydrogen) atoms. The first-order chi connectivity index (χ1) is 12.6. The van der Waals surface area contributed by atoms with Gasteiger partial charge in [0.15, 0.2) is 0 Å². The molecule has 1 aromatic heterocycles. The van der Waals surface area contributed by atoms with Crippen molar-refractivity contribution in [3.8, 4) is 0 Å². The highest BCUT2D eigenvalue weighted by molar-refractivity contribution is 5.76. The molecule has 6 rings (SSSR count). The lowest BCUT2D eigenvalue weighted by Crippen LogP contribution is -2.64. The first-order valence-corrected chi connectivity index (χ1v) is 10.6. The van der Waals surface area contributed by atoms with Gasteiger partial charge < -0.3 is 4.90 Å². The number of carbonyl (C=O) groups is 1. The van der Waals surface area contributed by atoms with Gasteiger partial charge in [-0.25, -0.2) is 0 Å². The van der Waals surface area contributed by atoms with Crippen LogP contribution in [0.2, 0.25) is 0 Å². The molecule has 1 aliphatic heterocycles. The zero-order valence-electron chi connectivity index (χ0n) is 16.1. The molecule has 142 valence electrons. The number of hydrogen-bond donors (Lipinski definition) is 0. The topological polar surface area (TPSA) is 41.4 Å². The van der Waals surface area contributed by atoms with Crippen LogP contribution in [0.1, 0.15) is 50.5 Å². The average molecular weight is 357 g/mol. The Kier molecular flexibility index (Phi) is 4.11. The fourth-order valence-electron chi connectivity index (χ4n) is 6.89. The van der Waals surface area contributed by atoms with Crippen molar-refractivity contribution in [2.75, 3.05) is 26.2 Å². The highest BCUT2D eigenvalue weighted by atomic mass is 16.2. The molecule has 0 radical (unpaired) electrons. The van der Waals surface area contributed by atoms with Crippen molar-refractivity contribution in [2.24, 2.45) is 24.8 Å². The van der Waals surface area contributed by atoms with Gasteiger partial charge in [-0.2, -0.15) is 5.10 Å². The Morgan fingerprint density at radius 1 is 1.08 bits per heavy atom. The van der Waals surface area contributed by atoms with E-state index >= 15 is 0 Å². The highest BCUT2D eigenvalue weighted by Gasteiger charge is 2.53. The normalized spacial score (nSPS) is 36.7. The number of aryl methyl sites for hydroxylation is 2. The zero-order chi connectivity index (χ0) is 17.7. The largest absolute Gasteiger partial charge is 0.340 e. The molecule has 4 aliphatic carbocycles. The fraction of sp³-hybridized carbons (Fsp3) is 0.810. The van der Waals surface area contributed by atoms with E-state index < -0.39 is 0 Å². The number of piperazine rings is 1. The summed E-state index contributed by atoms with van der Waals surface area (Å²) in [4.78, 5) is 17.5. The molecular weight excluding hydrogens is 324 g/mol. The third-order valence-corrected chi connectivity index (χ3v) is 7.70. The van der Waals surface area contributed by atoms with Gasteiger partial charge in [0.05, 0.1) is 6.20 Å². The number of nitrogens with zero attached hydrogens (tertiary/aromatic N) is 4. The van der Waals surface area contributed by atoms with Gasteiger partial charge in [-0.05, 0) is 68.3 Å². The number of amides is 1. The molecule has 2 heterocycles. The van der Waals surface area contributed by atoms with Crippen LogP contribution < -0.4 is 0 Å². The molecule has 0 unspecified atom stereocenters. The van der Waals surface area contributed by atoms with Crippen molar-refractivity contribution in [2.45, 2.75) is 56.9 Å². The summed E-state index contributed by atoms with van der Waals surface area (Å²) in [6.45, 7) is 4.02. The lowest BCUT2D eigenvalue weighted by atomic mass is 9.52. The molecule has 1 amide bonds. The number of carbonyl (C=O) groups excluding carboxylic acids is 1. The van der Waals surface area contributed by atoms with Crippen molar-refractivity contribution in [1.29, 1.82) is 0 Å². The summed E-state index contributed by atoms with van der Waals surface area (Å²) >= 11 is 0. The zero-order valence-corrected chi connectivity index (χ0v) is 16.1. The Morgan fingerprint density at radius 3 is 2.23 bits per heavy atom. The summed E-state index contributed by atoms with van der Waals surface area (Å²) in [5.41, 5.74) is 1.66. The molecule has 4 saturated carbocycles. The molecule has 5 nitrogen and oxygen atoms in total. The quantitative estimate of drug-likeness (QED) is 0.832. The second kappa shape index (κ2) is 6.36. The van der Waals surface area contributed by atoms with Gasteiger partial charge in [0.2, 0.25) is 5.91 Å². The van der Waals surface area contributed by atoms with Crippen molar-refractivity contribution >= 4 is 5.91 Å². The Balaban J connectivity index is 1.16. The third kappa shape index (κ3) is 2.98. The summed E-state index contributed by atoms with van der Waals surface area (Å²) in [6.07, 6.45) is 14.1. The number of hydrogen-bond acceptors (Lipinski definition) is 3. The predicted octanol–water partition coefficient (Wildman–Crippen LogP) is 2.47. The van der Waals surface area contributed by atoms with Gasteiger partial charge in [0.25, 0.3) is 0 Å². The van der Waals surface area contributed by atoms with Crippen LogP contribution in [0.5, 0.6) is 0 Å². The SMILES string of the molecule is Cn1cc(CCC(=O)N2CCN(C34CC5CC(CC(C5)C3)C4)CC2)cn1. The van der Waals surface area contributed by atoms with E-state index in [4.69, 9.17) is 0 Å². The van der Waals surface area contributed by atoms with Crippen LogP contribution in [0.15, 0.2) is 12.4 Å². The van der Waals surface area contributed by atoms with Crippen molar-refractivity contribution in [1.82, 2.24) is 19.6 Å². The summed E-state index contributed by atoms with van der Waals surface area (Å²) in [7, 11) is 1.93. The maximum atomic E-state index is 12.6. The van der Waals surface area contributed by atoms with E-state index in [0.717, 1.165) is 55.9 Å². The second-order valence-corrected chi connectivity index (χ2v) is 9.53. The highest BCUT2D eigenvalue weighted by Crippen LogP contribution is 2.57. The minimum absolute atomic E-state index is 0.319. The Morgan fingerprint density at radius 2 is 1.69 bits per heavy atom. The van der Waals surface area contributed by atoms with Crippen molar-refractivity contribution in [3.63, 3.8) is 0 Å². The van der Waals surface area contributed by atoms with Crippen LogP contribution in [-0.4, -0.2) is 57.2 Å². The van der Waals surface area contributed by atoms with E-state index in [1.54, 1.807) is 0 Å². The number of rotatable bonds is 4. The van der Waals surface area contributed by atoms with Crippen LogP contribution in [0.4, 0.5) is 0 Å². The molecule has 1 aromatic rings. The molecule has 5 fully saturated rings. The molecule has 0 spiro atoms. The minimum atomic E-state index is 0.319. The third-order valence-electron chi connectivity index (χ3n) is 7.70. The van der Waals surface area contributed by atoms with Gasteiger partial charge >= 0.3 is 0 Å². The summed E-state index contributed by atoms with van der Waals surface area (Å²) < 4.78 is 1.81. The smallest absolute Gasteiger partial charge is 0.222 e. The van der Waals surface area contributed by atoms with Crippen LogP contribution >= 0.6 is 0 Å². The van der Waals surface area contributed by atoms with E-state index in [0.29, 0.717) is 17.9 Å². The lowest BCUT2D eigenvalue weighted by molar-refractivity contribution is -0.138. The standard InChI is InChI=1S/C21H32N4O/c1-23-15-16(14-22-23)2-3-20(26)24-4-6-25(7-5-24)21-11-17-8-18(12-21)10-19(9-17)13-21/h14-15,17-19H,2-13H2,1H3. The Bertz CT molecular complexity index is 638. The van der Waals surface area contributed by atoms with Crippen molar-refractivity contribution in [3.05, 3.63) is 18.0 Å². The van der Waals surface area contributed by atoms with Crippen LogP contribution in [0.3, 0.4) is 0 Å². The summed E-state index contributed by atoms with van der Waals surface area (Å²) in [6, 6.07) is 0. The van der Waals surface area contributed by atoms with Crippen LogP contribution in [0, 0.1) is 17.8 Å². The van der Waals surface area contributed by atoms with E-state index in [1.807, 2.05) is 24.1 Å². The molecule has 5 aliphatic rings. The summed E-state index contributed by atoms with van der Waals surface area (Å²) in [5.74, 6) is 3.32. The molecule has 4 bridgehead atoms. The van der Waals surface area contributed by atoms with Crippen LogP contribution in [0.25, 0.3) is 0 Å². The Labute approximate surface area is 156 Å². The Hall–Kier alpha value is -1.36. The van der Waals surface area contributed by atoms with E-state index in [2.05, 4.69) is 14.9 Å². The van der Waals surface area contributed by atoms with Gasteiger partial charge in [0, 0.05) is 51.4 Å². The fourth-order valence-corrected chi connectivity index (χ4v) is 6.89. The maximum absolute atomic E-state index is 12.6. The lowest BCUT2D eigenvalue weighted by Gasteiger charge is -2.61. The minimum Gasteiger partial charge on any atom is -0.340 e.